The molecule has 0 saturated carbocycles. The molecule has 0 amide bonds. The molecule has 0 bridgehead atoms. The smallest absolute Gasteiger partial charge is 0.137 e. The number of pyridine rings is 2. The summed E-state index contributed by atoms with van der Waals surface area (Å²) in [5, 5.41) is 15.6. The van der Waals surface area contributed by atoms with Crippen molar-refractivity contribution in [3.63, 3.8) is 0 Å². The number of phenols is 1. The van der Waals surface area contributed by atoms with Crippen molar-refractivity contribution < 1.29 is 30.6 Å². The molecule has 0 aliphatic carbocycles. The van der Waals surface area contributed by atoms with Gasteiger partial charge in [0.25, 0.3) is 0 Å². The third-order valence-corrected chi connectivity index (χ3v) is 12.7. The third-order valence-electron chi connectivity index (χ3n) is 12.7. The van der Waals surface area contributed by atoms with Crippen LogP contribution in [0.3, 0.4) is 0 Å². The largest absolute Gasteiger partial charge is 0.507 e. The summed E-state index contributed by atoms with van der Waals surface area (Å²) in [7, 11) is 0. The first kappa shape index (κ1) is 42.9. The average Bonchev–Trinajstić information content (AvgIpc) is 3.87. The van der Waals surface area contributed by atoms with E-state index in [1.54, 1.807) is 6.07 Å². The van der Waals surface area contributed by atoms with Crippen LogP contribution >= 0.6 is 0 Å². The first-order chi connectivity index (χ1) is 31.4. The van der Waals surface area contributed by atoms with Crippen molar-refractivity contribution >= 4 is 43.7 Å². The van der Waals surface area contributed by atoms with Gasteiger partial charge in [-0.3, -0.25) is 9.97 Å². The Kier molecular flexibility index (Phi) is 10.7. The molecule has 0 aliphatic rings. The predicted octanol–water partition coefficient (Wildman–Crippen LogP) is 15.9. The number of aromatic nitrogens is 3. The molecule has 4 heterocycles. The van der Waals surface area contributed by atoms with Gasteiger partial charge in [0.2, 0.25) is 0 Å². The summed E-state index contributed by atoms with van der Waals surface area (Å²) >= 11 is 0. The van der Waals surface area contributed by atoms with E-state index in [-0.39, 0.29) is 37.6 Å². The second kappa shape index (κ2) is 16.4. The van der Waals surface area contributed by atoms with E-state index < -0.39 is 0 Å². The van der Waals surface area contributed by atoms with Crippen molar-refractivity contribution in [3.05, 3.63) is 193 Å². The number of fused-ring (bicyclic) bond motifs is 6. The molecule has 11 rings (SSSR count). The van der Waals surface area contributed by atoms with Gasteiger partial charge < -0.3 is 14.1 Å². The monoisotopic (exact) mass is 1040 g/mol. The minimum Gasteiger partial charge on any atom is -0.507 e. The molecule has 0 fully saturated rings. The molecule has 326 valence electrons. The Morgan fingerprint density at radius 2 is 1.11 bits per heavy atom. The first-order valence-corrected chi connectivity index (χ1v) is 22.3. The Morgan fingerprint density at radius 1 is 0.515 bits per heavy atom. The van der Waals surface area contributed by atoms with Crippen molar-refractivity contribution in [2.75, 3.05) is 0 Å². The predicted molar refractivity (Wildman–Crippen MR) is 269 cm³/mol. The number of benzene rings is 7. The van der Waals surface area contributed by atoms with E-state index in [1.807, 2.05) is 36.5 Å². The summed E-state index contributed by atoms with van der Waals surface area (Å²) in [4.78, 5) is 10.2. The maximum Gasteiger partial charge on any atom is 0.137 e. The van der Waals surface area contributed by atoms with Crippen molar-refractivity contribution in [2.24, 2.45) is 0 Å². The van der Waals surface area contributed by atoms with Gasteiger partial charge in [-0.1, -0.05) is 156 Å². The molecule has 1 N–H and O–H groups in total. The van der Waals surface area contributed by atoms with Crippen LogP contribution in [0.4, 0.5) is 0 Å². The van der Waals surface area contributed by atoms with Crippen molar-refractivity contribution in [2.45, 2.75) is 52.4 Å². The number of para-hydroxylation sites is 4. The number of phenolic OH excluding ortho intramolecular Hbond substituents is 1. The van der Waals surface area contributed by atoms with Gasteiger partial charge in [0.05, 0.1) is 27.8 Å². The van der Waals surface area contributed by atoms with E-state index in [0.717, 1.165) is 83.4 Å². The summed E-state index contributed by atoms with van der Waals surface area (Å²) in [5.74, 6) is 0.185. The molecule has 11 aromatic rings. The summed E-state index contributed by atoms with van der Waals surface area (Å²) in [6.45, 7) is 13.6. The number of nitrogens with zero attached hydrogens (tertiary/aromatic N) is 3. The molecule has 5 nitrogen and oxygen atoms in total. The number of hydrogen-bond acceptors (Lipinski definition) is 4. The van der Waals surface area contributed by atoms with Crippen LogP contribution in [0.2, 0.25) is 0 Å². The van der Waals surface area contributed by atoms with Crippen LogP contribution in [0, 0.1) is 6.07 Å². The molecular weight excluding hydrogens is 990 g/mol. The van der Waals surface area contributed by atoms with Gasteiger partial charge >= 0.3 is 0 Å². The van der Waals surface area contributed by atoms with Gasteiger partial charge in [-0.05, 0) is 87.2 Å². The molecular formula is C60H48N3O2Pt-. The molecule has 0 aliphatic heterocycles. The molecule has 0 saturated heterocycles. The summed E-state index contributed by atoms with van der Waals surface area (Å²) in [6.07, 6.45) is 1.89. The summed E-state index contributed by atoms with van der Waals surface area (Å²) in [5.41, 5.74) is 16.3. The quantitative estimate of drug-likeness (QED) is 0.169. The Hall–Kier alpha value is -7.07. The molecule has 7 aromatic carbocycles. The molecule has 4 aromatic heterocycles. The van der Waals surface area contributed by atoms with E-state index in [0.29, 0.717) is 11.3 Å². The van der Waals surface area contributed by atoms with E-state index in [1.165, 1.54) is 21.9 Å². The fourth-order valence-corrected chi connectivity index (χ4v) is 9.28. The van der Waals surface area contributed by atoms with Crippen LogP contribution in [-0.4, -0.2) is 19.6 Å². The minimum atomic E-state index is -0.0547. The second-order valence-corrected chi connectivity index (χ2v) is 19.2. The van der Waals surface area contributed by atoms with Crippen molar-refractivity contribution in [3.8, 4) is 67.5 Å². The van der Waals surface area contributed by atoms with E-state index in [9.17, 15) is 5.11 Å². The molecule has 66 heavy (non-hydrogen) atoms. The van der Waals surface area contributed by atoms with Crippen molar-refractivity contribution in [1.29, 1.82) is 0 Å². The standard InChI is InChI=1S/C60H48N3O2.Pt/c1-59(2,3)42-31-40(32-43(36-42)60(4,5)6)41-34-50(62-51(35-41)47-19-8-11-25-54(47)64)39-17-13-16-38(30-39)49-33-37(28-29-61-49)44-21-14-22-46-45-18-7-10-23-52(45)63(58(44)46)53-24-15-27-56-57(53)48-20-9-12-26-55(48)65-56;/h7-29,31-36,64H,1-6H3;/q-1;. The summed E-state index contributed by atoms with van der Waals surface area (Å²) < 4.78 is 8.79. The van der Waals surface area contributed by atoms with E-state index >= 15 is 0 Å². The third kappa shape index (κ3) is 7.52. The van der Waals surface area contributed by atoms with Gasteiger partial charge in [0, 0.05) is 65.9 Å². The Labute approximate surface area is 399 Å². The maximum atomic E-state index is 11.1. The first-order valence-electron chi connectivity index (χ1n) is 22.3. The van der Waals surface area contributed by atoms with Crippen LogP contribution in [0.5, 0.6) is 5.75 Å². The fraction of sp³-hybridized carbons (Fsp3) is 0.133. The summed E-state index contributed by atoms with van der Waals surface area (Å²) in [6, 6.07) is 62.6. The normalized spacial score (nSPS) is 12.0. The zero-order valence-electron chi connectivity index (χ0n) is 37.8. The maximum absolute atomic E-state index is 11.1. The van der Waals surface area contributed by atoms with Crippen LogP contribution in [0.25, 0.3) is 105 Å². The number of furan rings is 1. The zero-order valence-corrected chi connectivity index (χ0v) is 40.0. The van der Waals surface area contributed by atoms with Crippen LogP contribution in [0.1, 0.15) is 52.7 Å². The van der Waals surface area contributed by atoms with Gasteiger partial charge in [-0.15, -0.1) is 24.3 Å². The van der Waals surface area contributed by atoms with Gasteiger partial charge in [0.15, 0.2) is 0 Å². The second-order valence-electron chi connectivity index (χ2n) is 19.2. The fourth-order valence-electron chi connectivity index (χ4n) is 9.28. The van der Waals surface area contributed by atoms with Gasteiger partial charge in [0.1, 0.15) is 16.9 Å². The van der Waals surface area contributed by atoms with E-state index in [2.05, 4.69) is 186 Å². The molecule has 0 unspecified atom stereocenters. The zero-order chi connectivity index (χ0) is 44.6. The molecule has 0 atom stereocenters. The Balaban J connectivity index is 0.00000511. The SMILES string of the molecule is CC(C)(C)c1cc(-c2cc(-c3[c-]c(-c4cc(-c5cccc6c7ccccc7n(-c7cccc8oc9ccccc9c78)c56)ccn4)ccc3)nc(-c3ccccc3O)c2)cc(C(C)(C)C)c1.[Pt]. The Morgan fingerprint density at radius 3 is 1.88 bits per heavy atom. The number of hydrogen-bond donors (Lipinski definition) is 1. The van der Waals surface area contributed by atoms with Gasteiger partial charge in [-0.25, -0.2) is 0 Å². The number of rotatable bonds is 6. The van der Waals surface area contributed by atoms with Crippen LogP contribution < -0.4 is 0 Å². The molecule has 6 heteroatoms. The van der Waals surface area contributed by atoms with Crippen LogP contribution in [0.15, 0.2) is 180 Å². The van der Waals surface area contributed by atoms with E-state index in [4.69, 9.17) is 14.4 Å². The molecule has 0 spiro atoms. The molecule has 0 radical (unpaired) electrons. The Bertz CT molecular complexity index is 3630. The topological polar surface area (TPSA) is 64.1 Å². The van der Waals surface area contributed by atoms with Crippen LogP contribution in [-0.2, 0) is 31.9 Å². The average molecular weight is 1040 g/mol. The minimum absolute atomic E-state index is 0. The van der Waals surface area contributed by atoms with Gasteiger partial charge in [-0.2, -0.15) is 0 Å². The number of aromatic hydroxyl groups is 1. The van der Waals surface area contributed by atoms with Crippen molar-refractivity contribution in [1.82, 2.24) is 14.5 Å².